The Balaban J connectivity index is 1.54. The number of carbonyl (C=O) groups excluding carboxylic acids is 1. The van der Waals surface area contributed by atoms with Crippen molar-refractivity contribution in [2.75, 3.05) is 31.6 Å². The van der Waals surface area contributed by atoms with E-state index >= 15 is 0 Å². The van der Waals surface area contributed by atoms with Crippen molar-refractivity contribution in [2.24, 2.45) is 5.73 Å². The fraction of sp³-hybridized carbons (Fsp3) is 0.316. The molecule has 1 amide bonds. The molecule has 0 spiro atoms. The summed E-state index contributed by atoms with van der Waals surface area (Å²) in [5.41, 5.74) is 9.24. The van der Waals surface area contributed by atoms with E-state index in [9.17, 15) is 4.79 Å². The van der Waals surface area contributed by atoms with E-state index in [0.717, 1.165) is 44.1 Å². The lowest BCUT2D eigenvalue weighted by molar-refractivity contribution is 0.0342. The Hall–Kier alpha value is -2.37. The van der Waals surface area contributed by atoms with Gasteiger partial charge >= 0.3 is 0 Å². The standard InChI is InChI=1S/C19H23N3O2/c20-19(23)17-3-1-2-16(12-17)13-21-18-6-4-15(5-7-18)14-22-8-10-24-11-9-22/h1-7,12,21H,8-11,13-14H2,(H2,20,23). The van der Waals surface area contributed by atoms with Gasteiger partial charge in [0.2, 0.25) is 5.91 Å². The van der Waals surface area contributed by atoms with Crippen molar-refractivity contribution in [3.05, 3.63) is 65.2 Å². The molecule has 1 aliphatic rings. The highest BCUT2D eigenvalue weighted by Crippen LogP contribution is 2.14. The summed E-state index contributed by atoms with van der Waals surface area (Å²) in [6.07, 6.45) is 0. The highest BCUT2D eigenvalue weighted by Gasteiger charge is 2.10. The van der Waals surface area contributed by atoms with Crippen molar-refractivity contribution in [3.63, 3.8) is 0 Å². The lowest BCUT2D eigenvalue weighted by Crippen LogP contribution is -2.35. The second kappa shape index (κ2) is 7.95. The molecule has 0 aliphatic carbocycles. The van der Waals surface area contributed by atoms with Gasteiger partial charge in [0.1, 0.15) is 0 Å². The number of morpholine rings is 1. The van der Waals surface area contributed by atoms with Gasteiger partial charge in [-0.1, -0.05) is 24.3 Å². The van der Waals surface area contributed by atoms with Gasteiger partial charge in [0.05, 0.1) is 13.2 Å². The minimum Gasteiger partial charge on any atom is -0.381 e. The monoisotopic (exact) mass is 325 g/mol. The molecule has 3 N–H and O–H groups in total. The van der Waals surface area contributed by atoms with Crippen LogP contribution in [0.3, 0.4) is 0 Å². The second-order valence-electron chi connectivity index (χ2n) is 6.00. The van der Waals surface area contributed by atoms with E-state index in [0.29, 0.717) is 12.1 Å². The molecule has 0 bridgehead atoms. The van der Waals surface area contributed by atoms with Gasteiger partial charge in [-0.05, 0) is 35.4 Å². The van der Waals surface area contributed by atoms with Crippen molar-refractivity contribution >= 4 is 11.6 Å². The van der Waals surface area contributed by atoms with Crippen molar-refractivity contribution in [3.8, 4) is 0 Å². The zero-order valence-corrected chi connectivity index (χ0v) is 13.7. The van der Waals surface area contributed by atoms with Crippen LogP contribution < -0.4 is 11.1 Å². The fourth-order valence-electron chi connectivity index (χ4n) is 2.78. The van der Waals surface area contributed by atoms with E-state index in [1.807, 2.05) is 18.2 Å². The molecule has 2 aromatic rings. The number of carbonyl (C=O) groups is 1. The largest absolute Gasteiger partial charge is 0.381 e. The maximum Gasteiger partial charge on any atom is 0.248 e. The Kier molecular flexibility index (Phi) is 5.46. The predicted octanol–water partition coefficient (Wildman–Crippen LogP) is 2.23. The molecular weight excluding hydrogens is 302 g/mol. The molecule has 0 aromatic heterocycles. The molecule has 0 unspecified atom stereocenters. The van der Waals surface area contributed by atoms with Crippen molar-refractivity contribution in [2.45, 2.75) is 13.1 Å². The first-order chi connectivity index (χ1) is 11.7. The van der Waals surface area contributed by atoms with Gasteiger partial charge < -0.3 is 15.8 Å². The third-order valence-electron chi connectivity index (χ3n) is 4.17. The quantitative estimate of drug-likeness (QED) is 0.855. The van der Waals surface area contributed by atoms with Crippen LogP contribution in [0.25, 0.3) is 0 Å². The summed E-state index contributed by atoms with van der Waals surface area (Å²) in [6, 6.07) is 15.9. The summed E-state index contributed by atoms with van der Waals surface area (Å²) in [7, 11) is 0. The summed E-state index contributed by atoms with van der Waals surface area (Å²) in [5.74, 6) is -0.399. The Labute approximate surface area is 142 Å². The fourth-order valence-corrected chi connectivity index (χ4v) is 2.78. The molecule has 3 rings (SSSR count). The summed E-state index contributed by atoms with van der Waals surface area (Å²) >= 11 is 0. The normalized spacial score (nSPS) is 15.2. The predicted molar refractivity (Wildman–Crippen MR) is 94.8 cm³/mol. The molecule has 0 radical (unpaired) electrons. The topological polar surface area (TPSA) is 67.6 Å². The van der Waals surface area contributed by atoms with Gasteiger partial charge in [-0.15, -0.1) is 0 Å². The number of benzene rings is 2. The molecule has 1 saturated heterocycles. The van der Waals surface area contributed by atoms with Crippen LogP contribution in [0.5, 0.6) is 0 Å². The number of amides is 1. The van der Waals surface area contributed by atoms with Gasteiger partial charge in [-0.25, -0.2) is 0 Å². The number of nitrogens with zero attached hydrogens (tertiary/aromatic N) is 1. The molecule has 126 valence electrons. The number of anilines is 1. The molecular formula is C19H23N3O2. The van der Waals surface area contributed by atoms with Crippen LogP contribution in [-0.4, -0.2) is 37.1 Å². The molecule has 1 heterocycles. The number of nitrogens with two attached hydrogens (primary N) is 1. The average molecular weight is 325 g/mol. The highest BCUT2D eigenvalue weighted by molar-refractivity contribution is 5.92. The van der Waals surface area contributed by atoms with Gasteiger partial charge in [-0.3, -0.25) is 9.69 Å². The summed E-state index contributed by atoms with van der Waals surface area (Å²) in [5, 5.41) is 3.37. The SMILES string of the molecule is NC(=O)c1cccc(CNc2ccc(CN3CCOCC3)cc2)c1. The minimum absolute atomic E-state index is 0.399. The lowest BCUT2D eigenvalue weighted by Gasteiger charge is -2.26. The minimum atomic E-state index is -0.399. The van der Waals surface area contributed by atoms with E-state index in [2.05, 4.69) is 34.5 Å². The Bertz CT molecular complexity index is 679. The van der Waals surface area contributed by atoms with E-state index in [-0.39, 0.29) is 0 Å². The van der Waals surface area contributed by atoms with Crippen LogP contribution in [0.2, 0.25) is 0 Å². The van der Waals surface area contributed by atoms with Crippen molar-refractivity contribution < 1.29 is 9.53 Å². The van der Waals surface area contributed by atoms with Gasteiger partial charge in [0, 0.05) is 37.4 Å². The highest BCUT2D eigenvalue weighted by atomic mass is 16.5. The van der Waals surface area contributed by atoms with Crippen LogP contribution in [0.4, 0.5) is 5.69 Å². The molecule has 0 atom stereocenters. The van der Waals surface area contributed by atoms with Crippen LogP contribution in [0, 0.1) is 0 Å². The molecule has 5 nitrogen and oxygen atoms in total. The summed E-state index contributed by atoms with van der Waals surface area (Å²) in [6.45, 7) is 5.26. The number of nitrogens with one attached hydrogen (secondary N) is 1. The first kappa shape index (κ1) is 16.5. The van der Waals surface area contributed by atoms with E-state index in [4.69, 9.17) is 10.5 Å². The van der Waals surface area contributed by atoms with E-state index in [1.165, 1.54) is 5.56 Å². The van der Waals surface area contributed by atoms with Crippen LogP contribution >= 0.6 is 0 Å². The molecule has 1 fully saturated rings. The van der Waals surface area contributed by atoms with Crippen LogP contribution in [0.15, 0.2) is 48.5 Å². The van der Waals surface area contributed by atoms with Crippen molar-refractivity contribution in [1.82, 2.24) is 4.90 Å². The molecule has 1 aliphatic heterocycles. The van der Waals surface area contributed by atoms with Crippen LogP contribution in [-0.2, 0) is 17.8 Å². The number of hydrogen-bond donors (Lipinski definition) is 2. The third-order valence-corrected chi connectivity index (χ3v) is 4.17. The van der Waals surface area contributed by atoms with Gasteiger partial charge in [0.15, 0.2) is 0 Å². The van der Waals surface area contributed by atoms with Crippen molar-refractivity contribution in [1.29, 1.82) is 0 Å². The zero-order valence-electron chi connectivity index (χ0n) is 13.7. The summed E-state index contributed by atoms with van der Waals surface area (Å²) in [4.78, 5) is 13.6. The molecule has 0 saturated carbocycles. The average Bonchev–Trinajstić information content (AvgIpc) is 2.62. The van der Waals surface area contributed by atoms with Gasteiger partial charge in [0.25, 0.3) is 0 Å². The van der Waals surface area contributed by atoms with Gasteiger partial charge in [-0.2, -0.15) is 0 Å². The maximum absolute atomic E-state index is 11.2. The number of rotatable bonds is 6. The molecule has 2 aromatic carbocycles. The first-order valence-electron chi connectivity index (χ1n) is 8.22. The second-order valence-corrected chi connectivity index (χ2v) is 6.00. The zero-order chi connectivity index (χ0) is 16.8. The maximum atomic E-state index is 11.2. The first-order valence-corrected chi connectivity index (χ1v) is 8.22. The van der Waals surface area contributed by atoms with Crippen LogP contribution in [0.1, 0.15) is 21.5 Å². The smallest absolute Gasteiger partial charge is 0.248 e. The number of hydrogen-bond acceptors (Lipinski definition) is 4. The Morgan fingerprint density at radius 3 is 2.54 bits per heavy atom. The lowest BCUT2D eigenvalue weighted by atomic mass is 10.1. The Morgan fingerprint density at radius 1 is 1.08 bits per heavy atom. The summed E-state index contributed by atoms with van der Waals surface area (Å²) < 4.78 is 5.37. The molecule has 5 heteroatoms. The Morgan fingerprint density at radius 2 is 1.83 bits per heavy atom. The molecule has 24 heavy (non-hydrogen) atoms. The number of ether oxygens (including phenoxy) is 1. The van der Waals surface area contributed by atoms with E-state index < -0.39 is 5.91 Å². The van der Waals surface area contributed by atoms with E-state index in [1.54, 1.807) is 6.07 Å². The number of primary amides is 1. The third kappa shape index (κ3) is 4.57.